The first kappa shape index (κ1) is 14.5. The second-order valence-electron chi connectivity index (χ2n) is 4.77. The molecule has 5 nitrogen and oxygen atoms in total. The molecule has 7 heteroatoms. The number of rotatable bonds is 3. The maximum atomic E-state index is 12.3. The molecule has 1 aliphatic carbocycles. The number of benzene rings is 1. The van der Waals surface area contributed by atoms with Crippen LogP contribution in [0.5, 0.6) is 0 Å². The third-order valence-electron chi connectivity index (χ3n) is 3.55. The molecule has 0 aliphatic heterocycles. The van der Waals surface area contributed by atoms with Gasteiger partial charge in [0.1, 0.15) is 0 Å². The highest BCUT2D eigenvalue weighted by Crippen LogP contribution is 2.31. The molecule has 1 aromatic rings. The van der Waals surface area contributed by atoms with Gasteiger partial charge >= 0.3 is 0 Å². The zero-order valence-corrected chi connectivity index (χ0v) is 11.9. The van der Waals surface area contributed by atoms with Gasteiger partial charge in [-0.1, -0.05) is 18.2 Å². The SMILES string of the molecule is O=S(=O)(O)C1CCC(S(=O)(=O)c2ccccc2)CC1. The maximum Gasteiger partial charge on any atom is 0.267 e. The summed E-state index contributed by atoms with van der Waals surface area (Å²) in [6.45, 7) is 0. The Morgan fingerprint density at radius 3 is 1.79 bits per heavy atom. The molecule has 0 heterocycles. The van der Waals surface area contributed by atoms with Gasteiger partial charge in [-0.2, -0.15) is 8.42 Å². The molecule has 1 fully saturated rings. The van der Waals surface area contributed by atoms with Gasteiger partial charge in [-0.05, 0) is 37.8 Å². The first-order valence-electron chi connectivity index (χ1n) is 6.07. The molecule has 1 aromatic carbocycles. The van der Waals surface area contributed by atoms with E-state index in [1.165, 1.54) is 0 Å². The molecule has 19 heavy (non-hydrogen) atoms. The van der Waals surface area contributed by atoms with Crippen LogP contribution in [0.1, 0.15) is 25.7 Å². The Bertz CT molecular complexity index is 626. The summed E-state index contributed by atoms with van der Waals surface area (Å²) in [6, 6.07) is 8.16. The highest BCUT2D eigenvalue weighted by molar-refractivity contribution is 7.92. The molecule has 0 saturated heterocycles. The van der Waals surface area contributed by atoms with Crippen molar-refractivity contribution in [2.45, 2.75) is 41.1 Å². The standard InChI is InChI=1S/C12H16O5S2/c13-18(14,10-4-2-1-3-5-10)11-6-8-12(9-7-11)19(15,16)17/h1-5,11-12H,6-9H2,(H,15,16,17). The highest BCUT2D eigenvalue weighted by atomic mass is 32.2. The second kappa shape index (κ2) is 5.22. The Kier molecular flexibility index (Phi) is 3.98. The van der Waals surface area contributed by atoms with Gasteiger partial charge in [0.2, 0.25) is 0 Å². The summed E-state index contributed by atoms with van der Waals surface area (Å²) in [5.74, 6) is 0. The summed E-state index contributed by atoms with van der Waals surface area (Å²) in [6.07, 6.45) is 0.911. The highest BCUT2D eigenvalue weighted by Gasteiger charge is 2.35. The third kappa shape index (κ3) is 3.16. The fourth-order valence-corrected chi connectivity index (χ4v) is 5.13. The van der Waals surface area contributed by atoms with E-state index in [4.69, 9.17) is 4.55 Å². The van der Waals surface area contributed by atoms with Gasteiger partial charge in [0.05, 0.1) is 15.4 Å². The second-order valence-corrected chi connectivity index (χ2v) is 8.70. The largest absolute Gasteiger partial charge is 0.285 e. The van der Waals surface area contributed by atoms with E-state index < -0.39 is 30.5 Å². The van der Waals surface area contributed by atoms with Crippen molar-refractivity contribution in [2.75, 3.05) is 0 Å². The Morgan fingerprint density at radius 1 is 0.842 bits per heavy atom. The fourth-order valence-electron chi connectivity index (χ4n) is 2.44. The van der Waals surface area contributed by atoms with Gasteiger partial charge in [-0.3, -0.25) is 4.55 Å². The summed E-state index contributed by atoms with van der Waals surface area (Å²) in [5.41, 5.74) is 0. The van der Waals surface area contributed by atoms with Crippen LogP contribution in [-0.4, -0.2) is 31.9 Å². The van der Waals surface area contributed by atoms with E-state index in [1.807, 2.05) is 0 Å². The van der Waals surface area contributed by atoms with Gasteiger partial charge in [0.15, 0.2) is 9.84 Å². The van der Waals surface area contributed by atoms with E-state index in [0.717, 1.165) is 0 Å². The fraction of sp³-hybridized carbons (Fsp3) is 0.500. The van der Waals surface area contributed by atoms with Crippen LogP contribution in [0.3, 0.4) is 0 Å². The lowest BCUT2D eigenvalue weighted by molar-refractivity contribution is 0.422. The molecular weight excluding hydrogens is 288 g/mol. The quantitative estimate of drug-likeness (QED) is 0.858. The van der Waals surface area contributed by atoms with Gasteiger partial charge in [-0.25, -0.2) is 8.42 Å². The normalized spacial score (nSPS) is 25.1. The van der Waals surface area contributed by atoms with Crippen LogP contribution in [0.2, 0.25) is 0 Å². The predicted molar refractivity (Wildman–Crippen MR) is 71.2 cm³/mol. The topological polar surface area (TPSA) is 88.5 Å². The van der Waals surface area contributed by atoms with Crippen molar-refractivity contribution in [3.8, 4) is 0 Å². The van der Waals surface area contributed by atoms with E-state index in [0.29, 0.717) is 0 Å². The van der Waals surface area contributed by atoms with Crippen LogP contribution in [0.15, 0.2) is 35.2 Å². The summed E-state index contributed by atoms with van der Waals surface area (Å²) >= 11 is 0. The summed E-state index contributed by atoms with van der Waals surface area (Å²) in [4.78, 5) is 0.269. The predicted octanol–water partition coefficient (Wildman–Crippen LogP) is 1.66. The van der Waals surface area contributed by atoms with Gasteiger partial charge < -0.3 is 0 Å². The lowest BCUT2D eigenvalue weighted by Gasteiger charge is -2.26. The minimum atomic E-state index is -4.05. The van der Waals surface area contributed by atoms with E-state index in [-0.39, 0.29) is 30.6 Å². The van der Waals surface area contributed by atoms with Crippen LogP contribution < -0.4 is 0 Å². The van der Waals surface area contributed by atoms with Crippen molar-refractivity contribution >= 4 is 20.0 Å². The number of hydrogen-bond donors (Lipinski definition) is 1. The minimum Gasteiger partial charge on any atom is -0.285 e. The molecule has 0 amide bonds. The molecule has 1 aliphatic rings. The first-order valence-corrected chi connectivity index (χ1v) is 9.12. The van der Waals surface area contributed by atoms with E-state index in [9.17, 15) is 16.8 Å². The van der Waals surface area contributed by atoms with Crippen molar-refractivity contribution in [2.24, 2.45) is 0 Å². The molecule has 1 saturated carbocycles. The smallest absolute Gasteiger partial charge is 0.267 e. The maximum absolute atomic E-state index is 12.3. The van der Waals surface area contributed by atoms with Crippen LogP contribution in [0, 0.1) is 0 Å². The Balaban J connectivity index is 2.14. The van der Waals surface area contributed by atoms with E-state index in [1.54, 1.807) is 30.3 Å². The van der Waals surface area contributed by atoms with E-state index in [2.05, 4.69) is 0 Å². The Morgan fingerprint density at radius 2 is 1.32 bits per heavy atom. The Hall–Kier alpha value is -0.920. The van der Waals surface area contributed by atoms with Crippen molar-refractivity contribution in [3.05, 3.63) is 30.3 Å². The van der Waals surface area contributed by atoms with Crippen LogP contribution in [0.25, 0.3) is 0 Å². The minimum absolute atomic E-state index is 0.190. The van der Waals surface area contributed by atoms with Gasteiger partial charge in [0, 0.05) is 0 Å². The van der Waals surface area contributed by atoms with Crippen molar-refractivity contribution < 1.29 is 21.4 Å². The van der Waals surface area contributed by atoms with E-state index >= 15 is 0 Å². The molecule has 0 bridgehead atoms. The molecule has 0 unspecified atom stereocenters. The molecule has 106 valence electrons. The number of sulfone groups is 1. The van der Waals surface area contributed by atoms with Crippen LogP contribution in [0.4, 0.5) is 0 Å². The van der Waals surface area contributed by atoms with Gasteiger partial charge in [0.25, 0.3) is 10.1 Å². The molecule has 0 spiro atoms. The molecule has 0 atom stereocenters. The summed E-state index contributed by atoms with van der Waals surface area (Å²) in [5, 5.41) is -1.39. The lowest BCUT2D eigenvalue weighted by Crippen LogP contribution is -2.33. The van der Waals surface area contributed by atoms with Crippen molar-refractivity contribution in [3.63, 3.8) is 0 Å². The summed E-state index contributed by atoms with van der Waals surface area (Å²) < 4.78 is 55.7. The zero-order valence-electron chi connectivity index (χ0n) is 10.3. The number of hydrogen-bond acceptors (Lipinski definition) is 4. The summed E-state index contributed by atoms with van der Waals surface area (Å²) in [7, 11) is -7.46. The van der Waals surface area contributed by atoms with Gasteiger partial charge in [-0.15, -0.1) is 0 Å². The van der Waals surface area contributed by atoms with Crippen molar-refractivity contribution in [1.82, 2.24) is 0 Å². The molecule has 1 N–H and O–H groups in total. The van der Waals surface area contributed by atoms with Crippen molar-refractivity contribution in [1.29, 1.82) is 0 Å². The monoisotopic (exact) mass is 304 g/mol. The third-order valence-corrected chi connectivity index (χ3v) is 7.15. The molecular formula is C12H16O5S2. The molecule has 0 radical (unpaired) electrons. The average molecular weight is 304 g/mol. The first-order chi connectivity index (χ1) is 8.82. The zero-order chi connectivity index (χ0) is 14.1. The average Bonchev–Trinajstić information content (AvgIpc) is 2.39. The van der Waals surface area contributed by atoms with Crippen LogP contribution >= 0.6 is 0 Å². The Labute approximate surface area is 113 Å². The molecule has 0 aromatic heterocycles. The lowest BCUT2D eigenvalue weighted by atomic mass is 10.00. The van der Waals surface area contributed by atoms with Crippen LogP contribution in [-0.2, 0) is 20.0 Å². The molecule has 2 rings (SSSR count).